The van der Waals surface area contributed by atoms with Crippen LogP contribution in [0.25, 0.3) is 21.6 Å². The number of nitrogens with zero attached hydrogens (tertiary/aromatic N) is 4. The number of aromatic nitrogens is 3. The average molecular weight is 401 g/mol. The lowest BCUT2D eigenvalue weighted by Gasteiger charge is -2.32. The van der Waals surface area contributed by atoms with Crippen LogP contribution in [0.3, 0.4) is 0 Å². The van der Waals surface area contributed by atoms with E-state index in [4.69, 9.17) is 14.5 Å². The lowest BCUT2D eigenvalue weighted by Crippen LogP contribution is -2.45. The number of ether oxygens (including phenoxy) is 2. The van der Waals surface area contributed by atoms with Gasteiger partial charge in [-0.15, -0.1) is 11.3 Å². The maximum absolute atomic E-state index is 12.9. The Morgan fingerprint density at radius 2 is 2.32 bits per heavy atom. The van der Waals surface area contributed by atoms with Crippen LogP contribution in [-0.4, -0.2) is 64.6 Å². The van der Waals surface area contributed by atoms with E-state index in [0.29, 0.717) is 30.4 Å². The van der Waals surface area contributed by atoms with E-state index < -0.39 is 0 Å². The van der Waals surface area contributed by atoms with Crippen LogP contribution in [-0.2, 0) is 16.5 Å². The minimum absolute atomic E-state index is 0.331. The van der Waals surface area contributed by atoms with Gasteiger partial charge in [0.2, 0.25) is 0 Å². The van der Waals surface area contributed by atoms with Gasteiger partial charge in [-0.3, -0.25) is 9.58 Å². The molecule has 0 spiro atoms. The molecule has 1 fully saturated rings. The summed E-state index contributed by atoms with van der Waals surface area (Å²) in [4.78, 5) is 21.0. The number of thiophene rings is 1. The van der Waals surface area contributed by atoms with Crippen molar-refractivity contribution in [3.05, 3.63) is 34.8 Å². The Labute approximate surface area is 167 Å². The van der Waals surface area contributed by atoms with Gasteiger partial charge in [0.15, 0.2) is 5.65 Å². The van der Waals surface area contributed by atoms with Crippen LogP contribution in [0.2, 0.25) is 0 Å². The number of fused-ring (bicyclic) bond motifs is 1. The van der Waals surface area contributed by atoms with E-state index in [9.17, 15) is 4.79 Å². The number of carbonyl (C=O) groups is 1. The molecule has 0 aliphatic carbocycles. The van der Waals surface area contributed by atoms with Crippen molar-refractivity contribution in [3.8, 4) is 10.6 Å². The number of hydrogen-bond acceptors (Lipinski definition) is 7. The van der Waals surface area contributed by atoms with Gasteiger partial charge in [-0.05, 0) is 31.4 Å². The Balaban J connectivity index is 1.58. The Morgan fingerprint density at radius 3 is 3.07 bits per heavy atom. The highest BCUT2D eigenvalue weighted by atomic mass is 32.1. The highest BCUT2D eigenvalue weighted by Crippen LogP contribution is 2.29. The van der Waals surface area contributed by atoms with E-state index in [0.717, 1.165) is 41.4 Å². The van der Waals surface area contributed by atoms with Crippen molar-refractivity contribution in [2.24, 2.45) is 7.05 Å². The summed E-state index contributed by atoms with van der Waals surface area (Å²) in [5, 5.41) is 7.20. The van der Waals surface area contributed by atoms with Gasteiger partial charge >= 0.3 is 5.97 Å². The van der Waals surface area contributed by atoms with E-state index in [1.807, 2.05) is 37.6 Å². The van der Waals surface area contributed by atoms with Crippen molar-refractivity contribution >= 4 is 28.3 Å². The highest BCUT2D eigenvalue weighted by molar-refractivity contribution is 7.13. The van der Waals surface area contributed by atoms with Gasteiger partial charge in [0, 0.05) is 26.2 Å². The standard InChI is InChI=1S/C20H24N4O3S/c1-13-12-26-8-6-24(13)7-9-27-20(25)15-11-16(17-5-4-10-28-17)21-19-18(15)14(2)22-23(19)3/h4-5,10-11,13H,6-9,12H2,1-3H3/t13-/m0/s1. The molecule has 1 aliphatic rings. The van der Waals surface area contributed by atoms with Crippen molar-refractivity contribution in [1.82, 2.24) is 19.7 Å². The number of esters is 1. The fourth-order valence-corrected chi connectivity index (χ4v) is 4.27. The van der Waals surface area contributed by atoms with Gasteiger partial charge in [-0.1, -0.05) is 6.07 Å². The normalized spacial score (nSPS) is 17.9. The number of rotatable bonds is 5. The van der Waals surface area contributed by atoms with E-state index in [2.05, 4.69) is 16.9 Å². The SMILES string of the molecule is Cc1nn(C)c2nc(-c3cccs3)cc(C(=O)OCCN3CCOC[C@@H]3C)c12. The fraction of sp³-hybridized carbons (Fsp3) is 0.450. The number of aryl methyl sites for hydroxylation is 2. The van der Waals surface area contributed by atoms with Crippen LogP contribution in [0.15, 0.2) is 23.6 Å². The molecule has 0 aromatic carbocycles. The molecule has 1 atom stereocenters. The van der Waals surface area contributed by atoms with Gasteiger partial charge in [-0.25, -0.2) is 9.78 Å². The number of morpholine rings is 1. The first-order valence-electron chi connectivity index (χ1n) is 9.41. The molecule has 1 aliphatic heterocycles. The maximum atomic E-state index is 12.9. The molecule has 7 nitrogen and oxygen atoms in total. The van der Waals surface area contributed by atoms with E-state index >= 15 is 0 Å². The predicted molar refractivity (Wildman–Crippen MR) is 109 cm³/mol. The van der Waals surface area contributed by atoms with Crippen molar-refractivity contribution < 1.29 is 14.3 Å². The first-order chi connectivity index (χ1) is 13.5. The summed E-state index contributed by atoms with van der Waals surface area (Å²) in [6, 6.07) is 6.13. The molecule has 3 aromatic heterocycles. The largest absolute Gasteiger partial charge is 0.461 e. The molecule has 0 unspecified atom stereocenters. The maximum Gasteiger partial charge on any atom is 0.339 e. The lowest BCUT2D eigenvalue weighted by atomic mass is 10.1. The third kappa shape index (κ3) is 3.67. The Hall–Kier alpha value is -2.29. The molecule has 0 bridgehead atoms. The van der Waals surface area contributed by atoms with Crippen LogP contribution in [0.5, 0.6) is 0 Å². The Kier molecular flexibility index (Phi) is 5.43. The zero-order valence-electron chi connectivity index (χ0n) is 16.3. The summed E-state index contributed by atoms with van der Waals surface area (Å²) in [5.74, 6) is -0.331. The van der Waals surface area contributed by atoms with Gasteiger partial charge in [0.1, 0.15) is 6.61 Å². The molecule has 8 heteroatoms. The summed E-state index contributed by atoms with van der Waals surface area (Å²) in [5.41, 5.74) is 2.75. The van der Waals surface area contributed by atoms with Gasteiger partial charge in [0.05, 0.1) is 40.4 Å². The van der Waals surface area contributed by atoms with Crippen molar-refractivity contribution in [3.63, 3.8) is 0 Å². The van der Waals surface area contributed by atoms with Crippen LogP contribution in [0, 0.1) is 6.92 Å². The molecular weight excluding hydrogens is 376 g/mol. The Bertz CT molecular complexity index is 983. The third-order valence-corrected chi connectivity index (χ3v) is 5.97. The number of hydrogen-bond donors (Lipinski definition) is 0. The molecular formula is C20H24N4O3S. The molecule has 3 aromatic rings. The van der Waals surface area contributed by atoms with Gasteiger partial charge in [-0.2, -0.15) is 5.10 Å². The smallest absolute Gasteiger partial charge is 0.339 e. The minimum Gasteiger partial charge on any atom is -0.461 e. The van der Waals surface area contributed by atoms with Crippen molar-refractivity contribution in [2.75, 3.05) is 32.9 Å². The number of carbonyl (C=O) groups excluding carboxylic acids is 1. The zero-order chi connectivity index (χ0) is 19.7. The molecule has 28 heavy (non-hydrogen) atoms. The molecule has 0 saturated carbocycles. The molecule has 1 saturated heterocycles. The summed E-state index contributed by atoms with van der Waals surface area (Å²) in [7, 11) is 1.84. The van der Waals surface area contributed by atoms with Crippen LogP contribution in [0.1, 0.15) is 23.0 Å². The molecule has 4 rings (SSSR count). The van der Waals surface area contributed by atoms with Gasteiger partial charge in [0.25, 0.3) is 0 Å². The quantitative estimate of drug-likeness (QED) is 0.614. The second-order valence-electron chi connectivity index (χ2n) is 7.04. The second kappa shape index (κ2) is 7.98. The Morgan fingerprint density at radius 1 is 1.46 bits per heavy atom. The van der Waals surface area contributed by atoms with Crippen LogP contribution >= 0.6 is 11.3 Å². The van der Waals surface area contributed by atoms with E-state index in [1.165, 1.54) is 0 Å². The second-order valence-corrected chi connectivity index (χ2v) is 7.98. The lowest BCUT2D eigenvalue weighted by molar-refractivity contribution is -0.0110. The summed E-state index contributed by atoms with van der Waals surface area (Å²) in [6.45, 7) is 7.37. The monoisotopic (exact) mass is 400 g/mol. The van der Waals surface area contributed by atoms with Crippen LogP contribution in [0.4, 0.5) is 0 Å². The average Bonchev–Trinajstić information content (AvgIpc) is 3.31. The van der Waals surface area contributed by atoms with Gasteiger partial charge < -0.3 is 9.47 Å². The zero-order valence-corrected chi connectivity index (χ0v) is 17.2. The highest BCUT2D eigenvalue weighted by Gasteiger charge is 2.22. The topological polar surface area (TPSA) is 69.5 Å². The predicted octanol–water partition coefficient (Wildman–Crippen LogP) is 2.88. The minimum atomic E-state index is -0.331. The molecule has 0 N–H and O–H groups in total. The van der Waals surface area contributed by atoms with Crippen molar-refractivity contribution in [2.45, 2.75) is 19.9 Å². The number of pyridine rings is 1. The summed E-state index contributed by atoms with van der Waals surface area (Å²) in [6.07, 6.45) is 0. The van der Waals surface area contributed by atoms with E-state index in [-0.39, 0.29) is 5.97 Å². The summed E-state index contributed by atoms with van der Waals surface area (Å²) >= 11 is 1.59. The molecule has 4 heterocycles. The first-order valence-corrected chi connectivity index (χ1v) is 10.3. The fourth-order valence-electron chi connectivity index (χ4n) is 3.58. The molecule has 0 radical (unpaired) electrons. The van der Waals surface area contributed by atoms with Crippen molar-refractivity contribution in [1.29, 1.82) is 0 Å². The third-order valence-electron chi connectivity index (χ3n) is 5.08. The van der Waals surface area contributed by atoms with Crippen LogP contribution < -0.4 is 0 Å². The summed E-state index contributed by atoms with van der Waals surface area (Å²) < 4.78 is 12.8. The molecule has 148 valence electrons. The first kappa shape index (κ1) is 19.0. The van der Waals surface area contributed by atoms with E-state index in [1.54, 1.807) is 16.0 Å². The molecule has 0 amide bonds.